The Morgan fingerprint density at radius 3 is 2.50 bits per heavy atom. The molecule has 16 heavy (non-hydrogen) atoms. The predicted molar refractivity (Wildman–Crippen MR) is 60.1 cm³/mol. The highest BCUT2D eigenvalue weighted by atomic mass is 19.1. The molecule has 88 valence electrons. The molecule has 1 aliphatic rings. The average Bonchev–Trinajstić information content (AvgIpc) is 3.01. The van der Waals surface area contributed by atoms with E-state index in [-0.39, 0.29) is 11.6 Å². The van der Waals surface area contributed by atoms with Crippen molar-refractivity contribution in [2.45, 2.75) is 32.2 Å². The molecule has 0 radical (unpaired) electrons. The van der Waals surface area contributed by atoms with Crippen molar-refractivity contribution < 1.29 is 8.78 Å². The highest BCUT2D eigenvalue weighted by Gasteiger charge is 2.21. The van der Waals surface area contributed by atoms with Crippen LogP contribution < -0.4 is 5.32 Å². The first-order chi connectivity index (χ1) is 7.68. The van der Waals surface area contributed by atoms with Crippen LogP contribution >= 0.6 is 0 Å². The van der Waals surface area contributed by atoms with Gasteiger partial charge in [-0.15, -0.1) is 0 Å². The molecule has 0 spiro atoms. The summed E-state index contributed by atoms with van der Waals surface area (Å²) in [5.74, 6) is -0.0944. The van der Waals surface area contributed by atoms with E-state index in [9.17, 15) is 8.78 Å². The minimum Gasteiger partial charge on any atom is -0.310 e. The van der Waals surface area contributed by atoms with Gasteiger partial charge < -0.3 is 5.32 Å². The minimum atomic E-state index is -0.466. The number of halogens is 2. The molecule has 0 saturated heterocycles. The van der Waals surface area contributed by atoms with Gasteiger partial charge in [-0.2, -0.15) is 0 Å². The van der Waals surface area contributed by atoms with Gasteiger partial charge in [0, 0.05) is 11.6 Å². The normalized spacial score (nSPS) is 17.4. The van der Waals surface area contributed by atoms with Gasteiger partial charge in [-0.05, 0) is 37.9 Å². The fraction of sp³-hybridized carbons (Fsp3) is 0.538. The molecular weight excluding hydrogens is 208 g/mol. The summed E-state index contributed by atoms with van der Waals surface area (Å²) in [6.45, 7) is 2.63. The van der Waals surface area contributed by atoms with E-state index >= 15 is 0 Å². The second kappa shape index (κ2) is 4.91. The molecular formula is C13H17F2N. The van der Waals surface area contributed by atoms with E-state index in [1.165, 1.54) is 31.0 Å². The summed E-state index contributed by atoms with van der Waals surface area (Å²) in [5, 5.41) is 3.17. The standard InChI is InChI=1S/C13H17F2N/c1-9(16-8-7-10-5-6-10)13-11(14)3-2-4-12(13)15/h2-4,9-10,16H,5-8H2,1H3. The van der Waals surface area contributed by atoms with Gasteiger partial charge >= 0.3 is 0 Å². The average molecular weight is 225 g/mol. The Bertz CT molecular complexity index is 341. The van der Waals surface area contributed by atoms with Crippen molar-refractivity contribution in [2.75, 3.05) is 6.54 Å². The van der Waals surface area contributed by atoms with Gasteiger partial charge in [0.1, 0.15) is 11.6 Å². The first-order valence-electron chi connectivity index (χ1n) is 5.85. The Kier molecular flexibility index (Phi) is 3.54. The van der Waals surface area contributed by atoms with Crippen LogP contribution in [0.1, 0.15) is 37.8 Å². The van der Waals surface area contributed by atoms with Gasteiger partial charge in [0.05, 0.1) is 0 Å². The summed E-state index contributed by atoms with van der Waals surface area (Å²) in [4.78, 5) is 0. The molecule has 1 nitrogen and oxygen atoms in total. The fourth-order valence-corrected chi connectivity index (χ4v) is 1.94. The minimum absolute atomic E-state index is 0.151. The molecule has 0 heterocycles. The molecule has 1 aromatic carbocycles. The van der Waals surface area contributed by atoms with E-state index in [1.807, 2.05) is 0 Å². The van der Waals surface area contributed by atoms with Gasteiger partial charge in [0.2, 0.25) is 0 Å². The van der Waals surface area contributed by atoms with Gasteiger partial charge in [-0.3, -0.25) is 0 Å². The van der Waals surface area contributed by atoms with Crippen LogP contribution in [0.5, 0.6) is 0 Å². The Hall–Kier alpha value is -0.960. The second-order valence-corrected chi connectivity index (χ2v) is 4.54. The van der Waals surface area contributed by atoms with Crippen LogP contribution in [0.4, 0.5) is 8.78 Å². The molecule has 3 heteroatoms. The summed E-state index contributed by atoms with van der Waals surface area (Å²) in [7, 11) is 0. The van der Waals surface area contributed by atoms with Crippen molar-refractivity contribution in [3.8, 4) is 0 Å². The largest absolute Gasteiger partial charge is 0.310 e. The van der Waals surface area contributed by atoms with Gasteiger partial charge in [-0.25, -0.2) is 8.78 Å². The molecule has 1 unspecified atom stereocenters. The first kappa shape index (κ1) is 11.5. The molecule has 1 saturated carbocycles. The lowest BCUT2D eigenvalue weighted by Gasteiger charge is -2.15. The number of hydrogen-bond donors (Lipinski definition) is 1. The monoisotopic (exact) mass is 225 g/mol. The molecule has 0 aliphatic heterocycles. The third-order valence-electron chi connectivity index (χ3n) is 3.13. The Labute approximate surface area is 94.9 Å². The molecule has 2 rings (SSSR count). The van der Waals surface area contributed by atoms with Crippen LogP contribution in [-0.4, -0.2) is 6.54 Å². The molecule has 1 aliphatic carbocycles. The van der Waals surface area contributed by atoms with Crippen molar-refractivity contribution in [3.63, 3.8) is 0 Å². The number of hydrogen-bond acceptors (Lipinski definition) is 1. The zero-order chi connectivity index (χ0) is 11.5. The third-order valence-corrected chi connectivity index (χ3v) is 3.13. The number of nitrogens with one attached hydrogen (secondary N) is 1. The van der Waals surface area contributed by atoms with Gasteiger partial charge in [0.25, 0.3) is 0 Å². The molecule has 0 bridgehead atoms. The van der Waals surface area contributed by atoms with Crippen molar-refractivity contribution in [3.05, 3.63) is 35.4 Å². The first-order valence-corrected chi connectivity index (χ1v) is 5.85. The topological polar surface area (TPSA) is 12.0 Å². The fourth-order valence-electron chi connectivity index (χ4n) is 1.94. The lowest BCUT2D eigenvalue weighted by molar-refractivity contribution is 0.478. The second-order valence-electron chi connectivity index (χ2n) is 4.54. The van der Waals surface area contributed by atoms with Crippen LogP contribution in [0.15, 0.2) is 18.2 Å². The summed E-state index contributed by atoms with van der Waals surface area (Å²) < 4.78 is 26.8. The third kappa shape index (κ3) is 2.79. The Morgan fingerprint density at radius 2 is 1.94 bits per heavy atom. The van der Waals surface area contributed by atoms with E-state index in [2.05, 4.69) is 5.32 Å². The van der Waals surface area contributed by atoms with Crippen molar-refractivity contribution >= 4 is 0 Å². The van der Waals surface area contributed by atoms with Crippen LogP contribution in [-0.2, 0) is 0 Å². The van der Waals surface area contributed by atoms with Crippen molar-refractivity contribution in [1.82, 2.24) is 5.32 Å². The molecule has 1 aromatic rings. The smallest absolute Gasteiger partial charge is 0.130 e. The summed E-state index contributed by atoms with van der Waals surface area (Å²) in [6, 6.07) is 3.74. The lowest BCUT2D eigenvalue weighted by atomic mass is 10.1. The van der Waals surface area contributed by atoms with E-state index in [4.69, 9.17) is 0 Å². The maximum atomic E-state index is 13.4. The van der Waals surface area contributed by atoms with Crippen molar-refractivity contribution in [2.24, 2.45) is 5.92 Å². The van der Waals surface area contributed by atoms with Crippen LogP contribution in [0.25, 0.3) is 0 Å². The maximum Gasteiger partial charge on any atom is 0.130 e. The maximum absolute atomic E-state index is 13.4. The predicted octanol–water partition coefficient (Wildman–Crippen LogP) is 3.42. The SMILES string of the molecule is CC(NCCC1CC1)c1c(F)cccc1F. The van der Waals surface area contributed by atoms with E-state index in [0.29, 0.717) is 0 Å². The lowest BCUT2D eigenvalue weighted by Crippen LogP contribution is -2.22. The molecule has 0 aromatic heterocycles. The Morgan fingerprint density at radius 1 is 1.31 bits per heavy atom. The number of benzene rings is 1. The van der Waals surface area contributed by atoms with Crippen LogP contribution in [0.2, 0.25) is 0 Å². The van der Waals surface area contributed by atoms with Crippen LogP contribution in [0.3, 0.4) is 0 Å². The van der Waals surface area contributed by atoms with E-state index < -0.39 is 11.6 Å². The number of rotatable bonds is 5. The zero-order valence-corrected chi connectivity index (χ0v) is 9.47. The summed E-state index contributed by atoms with van der Waals surface area (Å²) >= 11 is 0. The van der Waals surface area contributed by atoms with E-state index in [1.54, 1.807) is 6.92 Å². The van der Waals surface area contributed by atoms with Crippen molar-refractivity contribution in [1.29, 1.82) is 0 Å². The van der Waals surface area contributed by atoms with Gasteiger partial charge in [0.15, 0.2) is 0 Å². The molecule has 1 atom stereocenters. The quantitative estimate of drug-likeness (QED) is 0.809. The Balaban J connectivity index is 1.93. The summed E-state index contributed by atoms with van der Waals surface area (Å²) in [5.41, 5.74) is 0.151. The summed E-state index contributed by atoms with van der Waals surface area (Å²) in [6.07, 6.45) is 3.73. The van der Waals surface area contributed by atoms with Gasteiger partial charge in [-0.1, -0.05) is 18.9 Å². The van der Waals surface area contributed by atoms with E-state index in [0.717, 1.165) is 18.9 Å². The molecule has 0 amide bonds. The molecule has 1 fully saturated rings. The molecule has 1 N–H and O–H groups in total. The highest BCUT2D eigenvalue weighted by Crippen LogP contribution is 2.32. The highest BCUT2D eigenvalue weighted by molar-refractivity contribution is 5.22. The van der Waals surface area contributed by atoms with Crippen LogP contribution in [0, 0.1) is 17.6 Å². The zero-order valence-electron chi connectivity index (χ0n) is 9.47.